The van der Waals surface area contributed by atoms with Gasteiger partial charge in [0.05, 0.1) is 13.2 Å². The Morgan fingerprint density at radius 3 is 2.04 bits per heavy atom. The zero-order valence-electron chi connectivity index (χ0n) is 16.3. The van der Waals surface area contributed by atoms with E-state index in [1.807, 2.05) is 6.92 Å². The average molecular weight is 360 g/mol. The van der Waals surface area contributed by atoms with Crippen molar-refractivity contribution in [3.05, 3.63) is 0 Å². The van der Waals surface area contributed by atoms with Gasteiger partial charge < -0.3 is 19.5 Å². The summed E-state index contributed by atoms with van der Waals surface area (Å²) in [5.74, 6) is -0.381. The molecule has 0 saturated heterocycles. The third-order valence-electron chi connectivity index (χ3n) is 3.92. The summed E-state index contributed by atoms with van der Waals surface area (Å²) >= 11 is 0. The van der Waals surface area contributed by atoms with Gasteiger partial charge in [0.1, 0.15) is 12.6 Å². The van der Waals surface area contributed by atoms with Crippen LogP contribution >= 0.6 is 0 Å². The lowest BCUT2D eigenvalue weighted by Crippen LogP contribution is -2.42. The molecule has 1 atom stereocenters. The predicted molar refractivity (Wildman–Crippen MR) is 98.6 cm³/mol. The summed E-state index contributed by atoms with van der Waals surface area (Å²) in [5, 5.41) is 2.57. The van der Waals surface area contributed by atoms with E-state index >= 15 is 0 Å². The quantitative estimate of drug-likeness (QED) is 0.330. The standard InChI is InChI=1S/C19H37NO5/c1-4-6-7-8-9-10-11-12-14-24-18(21)17(13-5-2)20-19(22)25-16-15-23-3/h17H,4-16H2,1-3H3,(H,20,22). The van der Waals surface area contributed by atoms with Crippen molar-refractivity contribution in [3.63, 3.8) is 0 Å². The van der Waals surface area contributed by atoms with E-state index in [0.717, 1.165) is 19.3 Å². The summed E-state index contributed by atoms with van der Waals surface area (Å²) in [7, 11) is 1.53. The molecule has 0 aliphatic heterocycles. The third-order valence-corrected chi connectivity index (χ3v) is 3.92. The molecule has 0 aliphatic carbocycles. The number of carbonyl (C=O) groups is 2. The molecular weight excluding hydrogens is 322 g/mol. The molecule has 0 spiro atoms. The highest BCUT2D eigenvalue weighted by Crippen LogP contribution is 2.09. The summed E-state index contributed by atoms with van der Waals surface area (Å²) in [6.45, 7) is 5.07. The van der Waals surface area contributed by atoms with E-state index < -0.39 is 12.1 Å². The Bertz CT molecular complexity index is 336. The second-order valence-electron chi connectivity index (χ2n) is 6.26. The first-order chi connectivity index (χ1) is 12.2. The van der Waals surface area contributed by atoms with Gasteiger partial charge in [-0.1, -0.05) is 65.2 Å². The molecule has 0 aromatic heterocycles. The number of carbonyl (C=O) groups excluding carboxylic acids is 2. The van der Waals surface area contributed by atoms with E-state index in [0.29, 0.717) is 19.6 Å². The van der Waals surface area contributed by atoms with E-state index in [-0.39, 0.29) is 12.6 Å². The number of ether oxygens (including phenoxy) is 3. The Hall–Kier alpha value is -1.30. The summed E-state index contributed by atoms with van der Waals surface area (Å²) in [5.41, 5.74) is 0. The molecule has 6 heteroatoms. The first-order valence-electron chi connectivity index (χ1n) is 9.74. The topological polar surface area (TPSA) is 73.9 Å². The molecule has 0 aliphatic rings. The van der Waals surface area contributed by atoms with Gasteiger partial charge in [0.25, 0.3) is 0 Å². The minimum absolute atomic E-state index is 0.161. The molecule has 25 heavy (non-hydrogen) atoms. The first kappa shape index (κ1) is 23.7. The van der Waals surface area contributed by atoms with Gasteiger partial charge in [-0.2, -0.15) is 0 Å². The van der Waals surface area contributed by atoms with Gasteiger partial charge in [0.2, 0.25) is 0 Å². The number of methoxy groups -OCH3 is 1. The number of rotatable bonds is 16. The van der Waals surface area contributed by atoms with Crippen LogP contribution < -0.4 is 5.32 Å². The Morgan fingerprint density at radius 1 is 0.800 bits per heavy atom. The van der Waals surface area contributed by atoms with Gasteiger partial charge in [-0.15, -0.1) is 0 Å². The molecule has 1 unspecified atom stereocenters. The molecule has 0 heterocycles. The van der Waals surface area contributed by atoms with Crippen molar-refractivity contribution >= 4 is 12.1 Å². The van der Waals surface area contributed by atoms with Gasteiger partial charge in [0, 0.05) is 7.11 Å². The van der Waals surface area contributed by atoms with E-state index in [9.17, 15) is 9.59 Å². The number of esters is 1. The van der Waals surface area contributed by atoms with E-state index in [1.165, 1.54) is 45.6 Å². The number of unbranched alkanes of at least 4 members (excludes halogenated alkanes) is 7. The fraction of sp³-hybridized carbons (Fsp3) is 0.895. The molecule has 6 nitrogen and oxygen atoms in total. The van der Waals surface area contributed by atoms with Crippen LogP contribution in [-0.4, -0.2) is 45.0 Å². The summed E-state index contributed by atoms with van der Waals surface area (Å²) < 4.78 is 15.0. The highest BCUT2D eigenvalue weighted by molar-refractivity contribution is 5.81. The monoisotopic (exact) mass is 359 g/mol. The maximum atomic E-state index is 12.1. The number of hydrogen-bond donors (Lipinski definition) is 1. The van der Waals surface area contributed by atoms with E-state index in [1.54, 1.807) is 0 Å². The largest absolute Gasteiger partial charge is 0.464 e. The molecule has 148 valence electrons. The van der Waals surface area contributed by atoms with Crippen molar-refractivity contribution in [2.24, 2.45) is 0 Å². The average Bonchev–Trinajstić information content (AvgIpc) is 2.60. The smallest absolute Gasteiger partial charge is 0.407 e. The van der Waals surface area contributed by atoms with Crippen molar-refractivity contribution in [2.75, 3.05) is 26.9 Å². The molecule has 0 bridgehead atoms. The number of nitrogens with one attached hydrogen (secondary N) is 1. The molecule has 0 rings (SSSR count). The van der Waals surface area contributed by atoms with Crippen molar-refractivity contribution in [3.8, 4) is 0 Å². The van der Waals surface area contributed by atoms with Gasteiger partial charge >= 0.3 is 12.1 Å². The zero-order chi connectivity index (χ0) is 18.8. The lowest BCUT2D eigenvalue weighted by molar-refractivity contribution is -0.146. The van der Waals surface area contributed by atoms with E-state index in [4.69, 9.17) is 14.2 Å². The lowest BCUT2D eigenvalue weighted by Gasteiger charge is -2.17. The Balaban J connectivity index is 3.83. The van der Waals surface area contributed by atoms with Crippen LogP contribution in [0.3, 0.4) is 0 Å². The van der Waals surface area contributed by atoms with Crippen LogP contribution in [0.25, 0.3) is 0 Å². The van der Waals surface area contributed by atoms with Crippen molar-refractivity contribution in [2.45, 2.75) is 84.1 Å². The van der Waals surface area contributed by atoms with Gasteiger partial charge in [-0.25, -0.2) is 9.59 Å². The zero-order valence-corrected chi connectivity index (χ0v) is 16.3. The second kappa shape index (κ2) is 17.5. The van der Waals surface area contributed by atoms with E-state index in [2.05, 4.69) is 12.2 Å². The van der Waals surface area contributed by atoms with Crippen LogP contribution in [0.4, 0.5) is 4.79 Å². The molecule has 1 amide bonds. The summed E-state index contributed by atoms with van der Waals surface area (Å²) in [6.07, 6.45) is 10.3. The van der Waals surface area contributed by atoms with Crippen LogP contribution in [-0.2, 0) is 19.0 Å². The lowest BCUT2D eigenvalue weighted by atomic mass is 10.1. The fourth-order valence-electron chi connectivity index (χ4n) is 2.45. The summed E-state index contributed by atoms with van der Waals surface area (Å²) in [4.78, 5) is 23.7. The van der Waals surface area contributed by atoms with Crippen molar-refractivity contribution in [1.82, 2.24) is 5.32 Å². The summed E-state index contributed by atoms with van der Waals surface area (Å²) in [6, 6.07) is -0.644. The SMILES string of the molecule is CCCCCCCCCCOC(=O)C(CCC)NC(=O)OCCOC. The van der Waals surface area contributed by atoms with Crippen LogP contribution in [0.1, 0.15) is 78.1 Å². The molecule has 0 aromatic rings. The Labute approximate surface area is 153 Å². The normalized spacial score (nSPS) is 11.8. The van der Waals surface area contributed by atoms with Gasteiger partial charge in [-0.3, -0.25) is 0 Å². The number of hydrogen-bond acceptors (Lipinski definition) is 5. The van der Waals surface area contributed by atoms with Gasteiger partial charge in [-0.05, 0) is 12.8 Å². The molecule has 0 aromatic carbocycles. The Morgan fingerprint density at radius 2 is 1.44 bits per heavy atom. The number of alkyl carbamates (subject to hydrolysis) is 1. The van der Waals surface area contributed by atoms with Crippen molar-refractivity contribution in [1.29, 1.82) is 0 Å². The maximum absolute atomic E-state index is 12.1. The minimum atomic E-state index is -0.644. The third kappa shape index (κ3) is 14.7. The highest BCUT2D eigenvalue weighted by atomic mass is 16.6. The fourth-order valence-corrected chi connectivity index (χ4v) is 2.45. The molecule has 0 fully saturated rings. The molecule has 1 N–H and O–H groups in total. The molecular formula is C19H37NO5. The first-order valence-corrected chi connectivity index (χ1v) is 9.74. The van der Waals surface area contributed by atoms with Crippen LogP contribution in [0.5, 0.6) is 0 Å². The Kier molecular flexibility index (Phi) is 16.6. The predicted octanol–water partition coefficient (Wildman–Crippen LogP) is 4.21. The maximum Gasteiger partial charge on any atom is 0.407 e. The van der Waals surface area contributed by atoms with Crippen LogP contribution in [0.15, 0.2) is 0 Å². The van der Waals surface area contributed by atoms with Gasteiger partial charge in [0.15, 0.2) is 0 Å². The van der Waals surface area contributed by atoms with Crippen LogP contribution in [0.2, 0.25) is 0 Å². The van der Waals surface area contributed by atoms with Crippen molar-refractivity contribution < 1.29 is 23.8 Å². The van der Waals surface area contributed by atoms with Crippen LogP contribution in [0, 0.1) is 0 Å². The molecule has 0 radical (unpaired) electrons. The second-order valence-corrected chi connectivity index (χ2v) is 6.26. The highest BCUT2D eigenvalue weighted by Gasteiger charge is 2.21. The number of amides is 1. The minimum Gasteiger partial charge on any atom is -0.464 e. The molecule has 0 saturated carbocycles.